The molecule has 1 N–H and O–H groups in total. The average molecular weight is 246 g/mol. The quantitative estimate of drug-likeness (QED) is 0.859. The van der Waals surface area contributed by atoms with E-state index >= 15 is 0 Å². The molecule has 1 aliphatic rings. The predicted molar refractivity (Wildman–Crippen MR) is 73.2 cm³/mol. The molecule has 2 heteroatoms. The van der Waals surface area contributed by atoms with E-state index in [2.05, 4.69) is 13.8 Å². The van der Waals surface area contributed by atoms with Crippen molar-refractivity contribution in [2.75, 3.05) is 0 Å². The Morgan fingerprint density at radius 3 is 2.61 bits per heavy atom. The highest BCUT2D eigenvalue weighted by Gasteiger charge is 2.19. The molecule has 0 bridgehead atoms. The van der Waals surface area contributed by atoms with E-state index in [-0.39, 0.29) is 5.78 Å². The van der Waals surface area contributed by atoms with Crippen molar-refractivity contribution in [2.24, 2.45) is 5.92 Å². The van der Waals surface area contributed by atoms with Crippen LogP contribution >= 0.6 is 0 Å². The van der Waals surface area contributed by atoms with Crippen LogP contribution in [0, 0.1) is 5.92 Å². The Morgan fingerprint density at radius 1 is 1.17 bits per heavy atom. The first-order valence-corrected chi connectivity index (χ1v) is 6.96. The van der Waals surface area contributed by atoms with Crippen LogP contribution in [0.5, 0.6) is 5.75 Å². The van der Waals surface area contributed by atoms with E-state index in [1.165, 1.54) is 0 Å². The van der Waals surface area contributed by atoms with Crippen molar-refractivity contribution in [1.29, 1.82) is 0 Å². The van der Waals surface area contributed by atoms with E-state index in [0.29, 0.717) is 18.1 Å². The SMILES string of the molecule is CC(C)Cc1c(O)ccc2c1CCCCCC2=O. The van der Waals surface area contributed by atoms with Crippen molar-refractivity contribution in [1.82, 2.24) is 0 Å². The number of carbonyl (C=O) groups excluding carboxylic acids is 1. The van der Waals surface area contributed by atoms with E-state index in [0.717, 1.165) is 48.8 Å². The maximum Gasteiger partial charge on any atom is 0.163 e. The molecule has 0 fully saturated rings. The average Bonchev–Trinajstić information content (AvgIpc) is 2.29. The summed E-state index contributed by atoms with van der Waals surface area (Å²) < 4.78 is 0. The molecule has 0 amide bonds. The Hall–Kier alpha value is -1.31. The van der Waals surface area contributed by atoms with E-state index < -0.39 is 0 Å². The zero-order valence-electron chi connectivity index (χ0n) is 11.3. The van der Waals surface area contributed by atoms with Gasteiger partial charge in [-0.1, -0.05) is 20.3 Å². The van der Waals surface area contributed by atoms with Crippen LogP contribution < -0.4 is 0 Å². The summed E-state index contributed by atoms with van der Waals surface area (Å²) in [5.41, 5.74) is 2.95. The normalized spacial score (nSPS) is 16.3. The molecule has 1 aromatic carbocycles. The molecule has 18 heavy (non-hydrogen) atoms. The standard InChI is InChI=1S/C16H22O2/c1-11(2)10-14-12-6-4-3-5-7-15(17)13(12)8-9-16(14)18/h8-9,11,18H,3-7,10H2,1-2H3. The maximum absolute atomic E-state index is 12.1. The summed E-state index contributed by atoms with van der Waals surface area (Å²) in [4.78, 5) is 12.1. The second-order valence-electron chi connectivity index (χ2n) is 5.67. The lowest BCUT2D eigenvalue weighted by atomic mass is 9.86. The number of benzene rings is 1. The fourth-order valence-corrected chi connectivity index (χ4v) is 2.76. The van der Waals surface area contributed by atoms with Crippen LogP contribution in [0.15, 0.2) is 12.1 Å². The summed E-state index contributed by atoms with van der Waals surface area (Å²) in [7, 11) is 0. The van der Waals surface area contributed by atoms with Crippen LogP contribution in [0.3, 0.4) is 0 Å². The Bertz CT molecular complexity index is 447. The molecule has 0 unspecified atom stereocenters. The van der Waals surface area contributed by atoms with Gasteiger partial charge in [0.1, 0.15) is 5.75 Å². The first-order chi connectivity index (χ1) is 8.59. The van der Waals surface area contributed by atoms with Gasteiger partial charge < -0.3 is 5.11 Å². The van der Waals surface area contributed by atoms with Crippen LogP contribution in [0.2, 0.25) is 0 Å². The number of carbonyl (C=O) groups is 1. The van der Waals surface area contributed by atoms with Gasteiger partial charge >= 0.3 is 0 Å². The molecule has 2 rings (SSSR count). The smallest absolute Gasteiger partial charge is 0.163 e. The minimum Gasteiger partial charge on any atom is -0.508 e. The Balaban J connectivity index is 2.48. The van der Waals surface area contributed by atoms with Gasteiger partial charge in [0.15, 0.2) is 5.78 Å². The number of ketones is 1. The highest BCUT2D eigenvalue weighted by molar-refractivity contribution is 5.98. The Kier molecular flexibility index (Phi) is 4.05. The topological polar surface area (TPSA) is 37.3 Å². The minimum absolute atomic E-state index is 0.245. The fourth-order valence-electron chi connectivity index (χ4n) is 2.76. The number of phenolic OH excluding ortho intramolecular Hbond substituents is 1. The van der Waals surface area contributed by atoms with E-state index in [1.54, 1.807) is 6.07 Å². The number of fused-ring (bicyclic) bond motifs is 1. The minimum atomic E-state index is 0.245. The van der Waals surface area contributed by atoms with Crippen LogP contribution in [0.25, 0.3) is 0 Å². The molecule has 0 spiro atoms. The lowest BCUT2D eigenvalue weighted by Crippen LogP contribution is -2.11. The molecule has 2 nitrogen and oxygen atoms in total. The molecule has 0 saturated heterocycles. The van der Waals surface area contributed by atoms with Crippen molar-refractivity contribution in [3.8, 4) is 5.75 Å². The number of Topliss-reactive ketones (excluding diaryl/α,β-unsaturated/α-hetero) is 1. The molecule has 0 heterocycles. The lowest BCUT2D eigenvalue weighted by Gasteiger charge is -2.19. The number of rotatable bonds is 2. The van der Waals surface area contributed by atoms with Gasteiger partial charge in [-0.2, -0.15) is 0 Å². The molecular weight excluding hydrogens is 224 g/mol. The molecule has 1 aromatic rings. The van der Waals surface area contributed by atoms with Crippen molar-refractivity contribution < 1.29 is 9.90 Å². The predicted octanol–water partition coefficient (Wildman–Crippen LogP) is 3.89. The lowest BCUT2D eigenvalue weighted by molar-refractivity contribution is 0.0976. The number of hydrogen-bond donors (Lipinski definition) is 1. The molecule has 0 aliphatic heterocycles. The third-order valence-corrected chi connectivity index (χ3v) is 3.65. The highest BCUT2D eigenvalue weighted by Crippen LogP contribution is 2.31. The van der Waals surface area contributed by atoms with Crippen molar-refractivity contribution in [2.45, 2.75) is 52.4 Å². The third kappa shape index (κ3) is 2.74. The zero-order chi connectivity index (χ0) is 13.1. The van der Waals surface area contributed by atoms with Gasteiger partial charge in [-0.15, -0.1) is 0 Å². The summed E-state index contributed by atoms with van der Waals surface area (Å²) in [5, 5.41) is 10.1. The first-order valence-electron chi connectivity index (χ1n) is 6.96. The molecule has 0 radical (unpaired) electrons. The fraction of sp³-hybridized carbons (Fsp3) is 0.562. The van der Waals surface area contributed by atoms with Gasteiger partial charge in [0, 0.05) is 12.0 Å². The van der Waals surface area contributed by atoms with Gasteiger partial charge in [0.25, 0.3) is 0 Å². The van der Waals surface area contributed by atoms with Crippen LogP contribution in [0.4, 0.5) is 0 Å². The molecule has 0 saturated carbocycles. The Labute approximate surface area is 109 Å². The van der Waals surface area contributed by atoms with Crippen molar-refractivity contribution in [3.05, 3.63) is 28.8 Å². The van der Waals surface area contributed by atoms with Gasteiger partial charge in [-0.3, -0.25) is 4.79 Å². The summed E-state index contributed by atoms with van der Waals surface area (Å²) in [6.45, 7) is 4.28. The van der Waals surface area contributed by atoms with Crippen molar-refractivity contribution >= 4 is 5.78 Å². The molecule has 0 atom stereocenters. The number of phenols is 1. The Morgan fingerprint density at radius 2 is 1.89 bits per heavy atom. The number of aromatic hydroxyl groups is 1. The second kappa shape index (κ2) is 5.55. The molecule has 98 valence electrons. The molecule has 0 aromatic heterocycles. The van der Waals surface area contributed by atoms with E-state index in [1.807, 2.05) is 6.07 Å². The van der Waals surface area contributed by atoms with E-state index in [4.69, 9.17) is 0 Å². The van der Waals surface area contributed by atoms with Crippen LogP contribution in [-0.2, 0) is 12.8 Å². The van der Waals surface area contributed by atoms with E-state index in [9.17, 15) is 9.90 Å². The highest BCUT2D eigenvalue weighted by atomic mass is 16.3. The van der Waals surface area contributed by atoms with Crippen molar-refractivity contribution in [3.63, 3.8) is 0 Å². The number of hydrogen-bond acceptors (Lipinski definition) is 2. The summed E-state index contributed by atoms with van der Waals surface area (Å²) in [6.07, 6.45) is 5.66. The summed E-state index contributed by atoms with van der Waals surface area (Å²) in [5.74, 6) is 1.09. The maximum atomic E-state index is 12.1. The second-order valence-corrected chi connectivity index (χ2v) is 5.67. The monoisotopic (exact) mass is 246 g/mol. The molecular formula is C16H22O2. The van der Waals surface area contributed by atoms with Crippen LogP contribution in [0.1, 0.15) is 61.0 Å². The summed E-state index contributed by atoms with van der Waals surface area (Å²) >= 11 is 0. The van der Waals surface area contributed by atoms with Crippen LogP contribution in [-0.4, -0.2) is 10.9 Å². The first kappa shape index (κ1) is 13.1. The summed E-state index contributed by atoms with van der Waals surface area (Å²) in [6, 6.07) is 3.50. The van der Waals surface area contributed by atoms with Gasteiger partial charge in [-0.25, -0.2) is 0 Å². The van der Waals surface area contributed by atoms with Gasteiger partial charge in [0.2, 0.25) is 0 Å². The third-order valence-electron chi connectivity index (χ3n) is 3.65. The largest absolute Gasteiger partial charge is 0.508 e. The zero-order valence-corrected chi connectivity index (χ0v) is 11.3. The molecule has 1 aliphatic carbocycles. The van der Waals surface area contributed by atoms with Gasteiger partial charge in [0.05, 0.1) is 0 Å². The van der Waals surface area contributed by atoms with Gasteiger partial charge in [-0.05, 0) is 54.9 Å².